The lowest BCUT2D eigenvalue weighted by Gasteiger charge is -2.13. The predicted octanol–water partition coefficient (Wildman–Crippen LogP) is 5.64. The standard InChI is InChI=1S/C18H8F9N5/c19-16(20,21)10-5-9(6-11(7-10)17(22,23)24)14-28-8-32(30-14)15-13(18(25,26)27)29-12-3-1-2-4-31(12)15/h1-8H. The van der Waals surface area contributed by atoms with E-state index >= 15 is 0 Å². The molecule has 3 aromatic heterocycles. The molecule has 0 aliphatic rings. The van der Waals surface area contributed by atoms with Gasteiger partial charge in [-0.15, -0.1) is 5.10 Å². The van der Waals surface area contributed by atoms with E-state index in [9.17, 15) is 39.5 Å². The van der Waals surface area contributed by atoms with Crippen LogP contribution >= 0.6 is 0 Å². The minimum absolute atomic E-state index is 0.0767. The van der Waals surface area contributed by atoms with Crippen LogP contribution < -0.4 is 0 Å². The Balaban J connectivity index is 1.90. The van der Waals surface area contributed by atoms with Crippen molar-refractivity contribution in [2.45, 2.75) is 18.5 Å². The van der Waals surface area contributed by atoms with Crippen LogP contribution in [0.15, 0.2) is 48.9 Å². The highest BCUT2D eigenvalue weighted by Gasteiger charge is 2.40. The molecule has 1 aromatic carbocycles. The molecule has 5 nitrogen and oxygen atoms in total. The highest BCUT2D eigenvalue weighted by atomic mass is 19.4. The molecule has 14 heteroatoms. The van der Waals surface area contributed by atoms with Crippen molar-refractivity contribution in [3.63, 3.8) is 0 Å². The Morgan fingerprint density at radius 1 is 0.750 bits per heavy atom. The molecule has 168 valence electrons. The Labute approximate surface area is 171 Å². The molecule has 3 heterocycles. The van der Waals surface area contributed by atoms with Gasteiger partial charge in [0.2, 0.25) is 0 Å². The van der Waals surface area contributed by atoms with Gasteiger partial charge in [0, 0.05) is 11.8 Å². The first kappa shape index (κ1) is 21.6. The van der Waals surface area contributed by atoms with Crippen LogP contribution in [-0.4, -0.2) is 24.1 Å². The number of hydrogen-bond donors (Lipinski definition) is 0. The maximum absolute atomic E-state index is 13.5. The van der Waals surface area contributed by atoms with Crippen LogP contribution in [0.1, 0.15) is 16.8 Å². The van der Waals surface area contributed by atoms with Crippen molar-refractivity contribution in [1.82, 2.24) is 24.1 Å². The minimum atomic E-state index is -5.11. The average Bonchev–Trinajstić information content (AvgIpc) is 3.30. The third kappa shape index (κ3) is 3.87. The molecule has 0 bridgehead atoms. The normalized spacial score (nSPS) is 13.2. The quantitative estimate of drug-likeness (QED) is 0.360. The van der Waals surface area contributed by atoms with E-state index in [1.807, 2.05) is 0 Å². The summed E-state index contributed by atoms with van der Waals surface area (Å²) < 4.78 is 121. The van der Waals surface area contributed by atoms with Crippen molar-refractivity contribution in [2.24, 2.45) is 0 Å². The maximum Gasteiger partial charge on any atom is 0.437 e. The number of rotatable bonds is 2. The van der Waals surface area contributed by atoms with Crippen molar-refractivity contribution in [2.75, 3.05) is 0 Å². The lowest BCUT2D eigenvalue weighted by atomic mass is 10.0. The molecule has 0 amide bonds. The van der Waals surface area contributed by atoms with Gasteiger partial charge in [-0.3, -0.25) is 4.40 Å². The molecule has 0 saturated heterocycles. The molecule has 0 spiro atoms. The number of alkyl halides is 9. The molecule has 0 aliphatic heterocycles. The summed E-state index contributed by atoms with van der Waals surface area (Å²) in [5.74, 6) is -1.27. The number of aromatic nitrogens is 5. The van der Waals surface area contributed by atoms with E-state index in [1.165, 1.54) is 24.4 Å². The number of halogens is 9. The number of pyridine rings is 1. The zero-order valence-corrected chi connectivity index (χ0v) is 15.3. The van der Waals surface area contributed by atoms with Crippen LogP contribution in [0.4, 0.5) is 39.5 Å². The number of imidazole rings is 1. The zero-order valence-electron chi connectivity index (χ0n) is 15.3. The summed E-state index contributed by atoms with van der Waals surface area (Å²) in [4.78, 5) is 7.11. The summed E-state index contributed by atoms with van der Waals surface area (Å²) in [5.41, 5.74) is -5.35. The smallest absolute Gasteiger partial charge is 0.284 e. The zero-order chi connectivity index (χ0) is 23.5. The Morgan fingerprint density at radius 2 is 1.38 bits per heavy atom. The fraction of sp³-hybridized carbons (Fsp3) is 0.167. The molecular formula is C18H8F9N5. The van der Waals surface area contributed by atoms with Gasteiger partial charge in [0.05, 0.1) is 11.1 Å². The van der Waals surface area contributed by atoms with Crippen LogP contribution in [0.25, 0.3) is 22.9 Å². The van der Waals surface area contributed by atoms with Crippen molar-refractivity contribution < 1.29 is 39.5 Å². The third-order valence-electron chi connectivity index (χ3n) is 4.33. The lowest BCUT2D eigenvalue weighted by molar-refractivity contribution is -0.143. The fourth-order valence-electron chi connectivity index (χ4n) is 2.97. The van der Waals surface area contributed by atoms with Crippen molar-refractivity contribution >= 4 is 5.65 Å². The number of hydrogen-bond acceptors (Lipinski definition) is 3. The molecule has 0 fully saturated rings. The van der Waals surface area contributed by atoms with Crippen LogP contribution in [0.5, 0.6) is 0 Å². The summed E-state index contributed by atoms with van der Waals surface area (Å²) in [5, 5.41) is 3.70. The van der Waals surface area contributed by atoms with E-state index in [0.717, 1.165) is 10.7 Å². The number of fused-ring (bicyclic) bond motifs is 1. The summed E-state index contributed by atoms with van der Waals surface area (Å²) in [6.07, 6.45) is -13.2. The first-order chi connectivity index (χ1) is 14.7. The molecule has 0 atom stereocenters. The van der Waals surface area contributed by atoms with Gasteiger partial charge in [-0.25, -0.2) is 14.6 Å². The summed E-state index contributed by atoms with van der Waals surface area (Å²) in [6, 6.07) is 4.80. The SMILES string of the molecule is FC(F)(F)c1cc(-c2ncn(-c3c(C(F)(F)F)nc4ccccn34)n2)cc(C(F)(F)F)c1. The predicted molar refractivity (Wildman–Crippen MR) is 90.6 cm³/mol. The second-order valence-corrected chi connectivity index (χ2v) is 6.52. The van der Waals surface area contributed by atoms with E-state index in [0.29, 0.717) is 16.8 Å². The topological polar surface area (TPSA) is 48.0 Å². The summed E-state index contributed by atoms with van der Waals surface area (Å²) in [6.45, 7) is 0. The van der Waals surface area contributed by atoms with Gasteiger partial charge in [0.1, 0.15) is 12.0 Å². The molecule has 0 radical (unpaired) electrons. The number of nitrogens with zero attached hydrogens (tertiary/aromatic N) is 5. The van der Waals surface area contributed by atoms with Gasteiger partial charge >= 0.3 is 18.5 Å². The molecule has 0 saturated carbocycles. The molecule has 0 unspecified atom stereocenters. The Morgan fingerprint density at radius 3 is 1.94 bits per heavy atom. The first-order valence-electron chi connectivity index (χ1n) is 8.51. The molecule has 0 aliphatic carbocycles. The van der Waals surface area contributed by atoms with Crippen molar-refractivity contribution in [3.8, 4) is 17.2 Å². The van der Waals surface area contributed by atoms with E-state index in [1.54, 1.807) is 0 Å². The molecule has 0 N–H and O–H groups in total. The van der Waals surface area contributed by atoms with Crippen LogP contribution in [0.2, 0.25) is 0 Å². The second kappa shape index (κ2) is 6.97. The van der Waals surface area contributed by atoms with Gasteiger partial charge in [-0.05, 0) is 30.3 Å². The molecular weight excluding hydrogens is 457 g/mol. The Kier molecular flexibility index (Phi) is 4.71. The average molecular weight is 465 g/mol. The van der Waals surface area contributed by atoms with E-state index in [2.05, 4.69) is 15.1 Å². The van der Waals surface area contributed by atoms with Gasteiger partial charge in [0.25, 0.3) is 0 Å². The Hall–Kier alpha value is -3.58. The highest BCUT2D eigenvalue weighted by molar-refractivity contribution is 5.59. The molecule has 32 heavy (non-hydrogen) atoms. The number of benzene rings is 1. The van der Waals surface area contributed by atoms with Crippen LogP contribution in [0, 0.1) is 0 Å². The summed E-state index contributed by atoms with van der Waals surface area (Å²) >= 11 is 0. The van der Waals surface area contributed by atoms with Crippen molar-refractivity contribution in [1.29, 1.82) is 0 Å². The molecule has 4 aromatic rings. The van der Waals surface area contributed by atoms with Gasteiger partial charge in [-0.2, -0.15) is 39.5 Å². The third-order valence-corrected chi connectivity index (χ3v) is 4.33. The van der Waals surface area contributed by atoms with E-state index in [-0.39, 0.29) is 11.7 Å². The van der Waals surface area contributed by atoms with Crippen LogP contribution in [0.3, 0.4) is 0 Å². The second-order valence-electron chi connectivity index (χ2n) is 6.52. The fourth-order valence-corrected chi connectivity index (χ4v) is 2.97. The summed E-state index contributed by atoms with van der Waals surface area (Å²) in [7, 11) is 0. The van der Waals surface area contributed by atoms with Gasteiger partial charge < -0.3 is 0 Å². The van der Waals surface area contributed by atoms with Gasteiger partial charge in [0.15, 0.2) is 17.3 Å². The van der Waals surface area contributed by atoms with Gasteiger partial charge in [-0.1, -0.05) is 6.07 Å². The van der Waals surface area contributed by atoms with Crippen LogP contribution in [-0.2, 0) is 18.5 Å². The maximum atomic E-state index is 13.5. The van der Waals surface area contributed by atoms with Crippen molar-refractivity contribution in [3.05, 3.63) is 65.7 Å². The molecule has 4 rings (SSSR count). The first-order valence-corrected chi connectivity index (χ1v) is 8.51. The van der Waals surface area contributed by atoms with E-state index < -0.39 is 52.6 Å². The monoisotopic (exact) mass is 465 g/mol. The minimum Gasteiger partial charge on any atom is -0.284 e. The van der Waals surface area contributed by atoms with E-state index in [4.69, 9.17) is 0 Å². The Bertz CT molecular complexity index is 1260. The highest BCUT2D eigenvalue weighted by Crippen LogP contribution is 2.38. The lowest BCUT2D eigenvalue weighted by Crippen LogP contribution is -2.12. The largest absolute Gasteiger partial charge is 0.437 e.